The van der Waals surface area contributed by atoms with Gasteiger partial charge in [0.2, 0.25) is 0 Å². The summed E-state index contributed by atoms with van der Waals surface area (Å²) >= 11 is 0. The lowest BCUT2D eigenvalue weighted by Gasteiger charge is -2.12. The number of anilines is 3. The van der Waals surface area contributed by atoms with Crippen molar-refractivity contribution in [3.63, 3.8) is 0 Å². The third-order valence-corrected chi connectivity index (χ3v) is 2.95. The molecule has 0 saturated carbocycles. The van der Waals surface area contributed by atoms with Gasteiger partial charge in [-0.3, -0.25) is 4.90 Å². The highest BCUT2D eigenvalue weighted by molar-refractivity contribution is 5.60. The maximum absolute atomic E-state index is 8.91. The highest BCUT2D eigenvalue weighted by Crippen LogP contribution is 2.19. The minimum absolute atomic E-state index is 0.577. The molecule has 0 saturated heterocycles. The van der Waals surface area contributed by atoms with Crippen molar-refractivity contribution < 1.29 is 0 Å². The molecular formula is C15H17N5. The molecule has 2 rings (SSSR count). The second-order valence-electron chi connectivity index (χ2n) is 4.49. The minimum atomic E-state index is 0.577. The summed E-state index contributed by atoms with van der Waals surface area (Å²) in [6.45, 7) is 3.93. The van der Waals surface area contributed by atoms with Crippen LogP contribution in [0.1, 0.15) is 18.3 Å². The molecule has 5 heteroatoms. The molecule has 0 aliphatic heterocycles. The van der Waals surface area contributed by atoms with Crippen molar-refractivity contribution in [2.24, 2.45) is 0 Å². The summed E-state index contributed by atoms with van der Waals surface area (Å²) < 4.78 is 0. The number of nitrogens with one attached hydrogen (secondary N) is 1. The zero-order valence-corrected chi connectivity index (χ0v) is 11.9. The monoisotopic (exact) mass is 267 g/mol. The largest absolute Gasteiger partial charge is 0.340 e. The van der Waals surface area contributed by atoms with E-state index in [2.05, 4.69) is 34.3 Å². The Morgan fingerprint density at radius 1 is 1.25 bits per heavy atom. The fraction of sp³-hybridized carbons (Fsp3) is 0.267. The Labute approximate surface area is 118 Å². The minimum Gasteiger partial charge on any atom is -0.340 e. The Hall–Kier alpha value is -2.61. The fourth-order valence-corrected chi connectivity index (χ4v) is 1.81. The van der Waals surface area contributed by atoms with E-state index >= 15 is 0 Å². The summed E-state index contributed by atoms with van der Waals surface area (Å²) in [4.78, 5) is 9.96. The molecule has 1 aromatic heterocycles. The van der Waals surface area contributed by atoms with E-state index < -0.39 is 0 Å². The number of nitrogens with zero attached hydrogens (tertiary/aromatic N) is 4. The van der Waals surface area contributed by atoms with E-state index in [9.17, 15) is 0 Å². The van der Waals surface area contributed by atoms with Crippen LogP contribution in [0.3, 0.4) is 0 Å². The summed E-state index contributed by atoms with van der Waals surface area (Å²) in [5, 5.41) is 12.1. The molecule has 0 unspecified atom stereocenters. The number of hydrogen-bond acceptors (Lipinski definition) is 5. The summed E-state index contributed by atoms with van der Waals surface area (Å²) in [5.41, 5.74) is 2.25. The van der Waals surface area contributed by atoms with Gasteiger partial charge in [0.25, 0.3) is 0 Å². The van der Waals surface area contributed by atoms with Crippen molar-refractivity contribution in [1.29, 1.82) is 5.26 Å². The predicted molar refractivity (Wildman–Crippen MR) is 79.9 cm³/mol. The number of nitriles is 1. The molecule has 0 fully saturated rings. The number of aromatic nitrogens is 2. The van der Waals surface area contributed by atoms with Gasteiger partial charge in [0, 0.05) is 18.8 Å². The van der Waals surface area contributed by atoms with E-state index in [0.29, 0.717) is 17.5 Å². The zero-order chi connectivity index (χ0) is 14.5. The Morgan fingerprint density at radius 3 is 2.55 bits per heavy atom. The second kappa shape index (κ2) is 6.02. The van der Waals surface area contributed by atoms with Gasteiger partial charge in [-0.15, -0.1) is 0 Å². The molecule has 2 aromatic rings. The van der Waals surface area contributed by atoms with E-state index in [4.69, 9.17) is 5.26 Å². The van der Waals surface area contributed by atoms with Crippen LogP contribution in [-0.2, 0) is 6.42 Å². The van der Waals surface area contributed by atoms with Crippen LogP contribution in [0.4, 0.5) is 17.3 Å². The van der Waals surface area contributed by atoms with E-state index in [1.165, 1.54) is 10.5 Å². The van der Waals surface area contributed by atoms with Gasteiger partial charge in [0.15, 0.2) is 6.19 Å². The van der Waals surface area contributed by atoms with Gasteiger partial charge in [0.05, 0.1) is 0 Å². The Kier molecular flexibility index (Phi) is 4.16. The van der Waals surface area contributed by atoms with Crippen molar-refractivity contribution in [3.05, 3.63) is 41.7 Å². The molecule has 1 aromatic carbocycles. The number of hydrogen-bond donors (Lipinski definition) is 1. The second-order valence-corrected chi connectivity index (χ2v) is 4.49. The Bertz CT molecular complexity index is 628. The first-order valence-electron chi connectivity index (χ1n) is 6.47. The normalized spacial score (nSPS) is 9.90. The molecule has 1 N–H and O–H groups in total. The molecule has 5 nitrogen and oxygen atoms in total. The topological polar surface area (TPSA) is 64.8 Å². The molecule has 0 radical (unpaired) electrons. The van der Waals surface area contributed by atoms with E-state index in [-0.39, 0.29) is 0 Å². The summed E-state index contributed by atoms with van der Waals surface area (Å²) in [6, 6.07) is 9.95. The highest BCUT2D eigenvalue weighted by Gasteiger charge is 2.06. The molecule has 0 aliphatic carbocycles. The predicted octanol–water partition coefficient (Wildman–Crippen LogP) is 3.01. The van der Waals surface area contributed by atoms with Crippen LogP contribution in [0, 0.1) is 18.4 Å². The van der Waals surface area contributed by atoms with Gasteiger partial charge in [-0.05, 0) is 31.0 Å². The quantitative estimate of drug-likeness (QED) is 0.681. The third kappa shape index (κ3) is 3.23. The van der Waals surface area contributed by atoms with E-state index in [1.54, 1.807) is 20.0 Å². The van der Waals surface area contributed by atoms with Crippen molar-refractivity contribution >= 4 is 17.3 Å². The van der Waals surface area contributed by atoms with Crippen molar-refractivity contribution in [2.75, 3.05) is 17.3 Å². The average molecular weight is 267 g/mol. The van der Waals surface area contributed by atoms with Crippen LogP contribution < -0.4 is 10.2 Å². The first kappa shape index (κ1) is 13.8. The van der Waals surface area contributed by atoms with Crippen molar-refractivity contribution in [3.8, 4) is 6.19 Å². The first-order valence-corrected chi connectivity index (χ1v) is 6.47. The molecule has 0 amide bonds. The van der Waals surface area contributed by atoms with Gasteiger partial charge in [-0.25, -0.2) is 9.97 Å². The Balaban J connectivity index is 2.24. The number of benzene rings is 1. The molecular weight excluding hydrogens is 250 g/mol. The standard InChI is InChI=1S/C15H17N5/c1-4-12-5-7-13(8-6-12)19-14-9-15(20(3)10-16)18-11(2)17-14/h5-9H,4H2,1-3H3,(H,17,18,19). The Morgan fingerprint density at radius 2 is 1.95 bits per heavy atom. The molecule has 0 aliphatic rings. The highest BCUT2D eigenvalue weighted by atomic mass is 15.2. The van der Waals surface area contributed by atoms with Gasteiger partial charge < -0.3 is 5.32 Å². The maximum atomic E-state index is 8.91. The SMILES string of the molecule is CCc1ccc(Nc2cc(N(C)C#N)nc(C)n2)cc1. The number of rotatable bonds is 4. The summed E-state index contributed by atoms with van der Waals surface area (Å²) in [7, 11) is 1.67. The smallest absolute Gasteiger partial charge is 0.185 e. The fourth-order valence-electron chi connectivity index (χ4n) is 1.81. The van der Waals surface area contributed by atoms with Crippen LogP contribution in [0.5, 0.6) is 0 Å². The van der Waals surface area contributed by atoms with Crippen molar-refractivity contribution in [2.45, 2.75) is 20.3 Å². The average Bonchev–Trinajstić information content (AvgIpc) is 2.46. The number of aryl methyl sites for hydroxylation is 2. The van der Waals surface area contributed by atoms with E-state index in [0.717, 1.165) is 12.1 Å². The van der Waals surface area contributed by atoms with Gasteiger partial charge in [-0.1, -0.05) is 19.1 Å². The molecule has 1 heterocycles. The summed E-state index contributed by atoms with van der Waals surface area (Å²) in [5.74, 6) is 1.88. The molecule has 0 atom stereocenters. The zero-order valence-electron chi connectivity index (χ0n) is 11.9. The molecule has 0 spiro atoms. The van der Waals surface area contributed by atoms with Crippen LogP contribution in [0.2, 0.25) is 0 Å². The lowest BCUT2D eigenvalue weighted by molar-refractivity contribution is 1.02. The van der Waals surface area contributed by atoms with Gasteiger partial charge in [0.1, 0.15) is 17.5 Å². The van der Waals surface area contributed by atoms with Crippen LogP contribution in [0.25, 0.3) is 0 Å². The molecule has 0 bridgehead atoms. The lowest BCUT2D eigenvalue weighted by atomic mass is 10.1. The molecule has 102 valence electrons. The maximum Gasteiger partial charge on any atom is 0.185 e. The third-order valence-electron chi connectivity index (χ3n) is 2.95. The van der Waals surface area contributed by atoms with Crippen LogP contribution in [0.15, 0.2) is 30.3 Å². The van der Waals surface area contributed by atoms with Crippen LogP contribution >= 0.6 is 0 Å². The van der Waals surface area contributed by atoms with E-state index in [1.807, 2.05) is 18.3 Å². The van der Waals surface area contributed by atoms with Crippen LogP contribution in [-0.4, -0.2) is 17.0 Å². The summed E-state index contributed by atoms with van der Waals surface area (Å²) in [6.07, 6.45) is 3.05. The van der Waals surface area contributed by atoms with Gasteiger partial charge in [-0.2, -0.15) is 5.26 Å². The lowest BCUT2D eigenvalue weighted by Crippen LogP contribution is -2.12. The molecule has 20 heavy (non-hydrogen) atoms. The first-order chi connectivity index (χ1) is 9.62. The van der Waals surface area contributed by atoms with Gasteiger partial charge >= 0.3 is 0 Å². The van der Waals surface area contributed by atoms with Crippen molar-refractivity contribution in [1.82, 2.24) is 9.97 Å².